The summed E-state index contributed by atoms with van der Waals surface area (Å²) in [6.45, 7) is 3.96. The summed E-state index contributed by atoms with van der Waals surface area (Å²) in [5.41, 5.74) is 8.08. The molecule has 2 atom stereocenters. The van der Waals surface area contributed by atoms with Gasteiger partial charge in [-0.15, -0.1) is 0 Å². The lowest BCUT2D eigenvalue weighted by Gasteiger charge is -2.21. The highest BCUT2D eigenvalue weighted by molar-refractivity contribution is 5.46. The number of hydrogen-bond acceptors (Lipinski definition) is 3. The molecule has 0 aliphatic carbocycles. The van der Waals surface area contributed by atoms with Crippen LogP contribution in [0.15, 0.2) is 48.5 Å². The predicted octanol–water partition coefficient (Wildman–Crippen LogP) is 3.85. The predicted molar refractivity (Wildman–Crippen MR) is 81.1 cm³/mol. The molecule has 3 nitrogen and oxygen atoms in total. The monoisotopic (exact) mass is 271 g/mol. The first-order valence-corrected chi connectivity index (χ1v) is 6.77. The van der Waals surface area contributed by atoms with Crippen molar-refractivity contribution in [2.24, 2.45) is 5.73 Å². The standard InChI is InChI=1S/C17H21NO2/c1-12(18)17-15(19-3)10-7-11-16(17)20-13(2)14-8-5-4-6-9-14/h4-13H,18H2,1-3H3/t12-,13?/m1/s1. The van der Waals surface area contributed by atoms with E-state index in [-0.39, 0.29) is 12.1 Å². The topological polar surface area (TPSA) is 44.5 Å². The zero-order chi connectivity index (χ0) is 14.5. The molecule has 0 saturated carbocycles. The molecule has 2 N–H and O–H groups in total. The molecule has 2 aromatic rings. The van der Waals surface area contributed by atoms with Crippen LogP contribution in [-0.2, 0) is 0 Å². The van der Waals surface area contributed by atoms with Crippen LogP contribution in [-0.4, -0.2) is 7.11 Å². The van der Waals surface area contributed by atoms with Crippen LogP contribution in [0.2, 0.25) is 0 Å². The second-order valence-corrected chi connectivity index (χ2v) is 4.83. The Morgan fingerprint density at radius 3 is 2.15 bits per heavy atom. The van der Waals surface area contributed by atoms with E-state index in [2.05, 4.69) is 12.1 Å². The smallest absolute Gasteiger partial charge is 0.128 e. The average Bonchev–Trinajstić information content (AvgIpc) is 2.47. The van der Waals surface area contributed by atoms with Gasteiger partial charge in [-0.2, -0.15) is 0 Å². The Hall–Kier alpha value is -2.00. The molecule has 3 heteroatoms. The Labute approximate surface area is 120 Å². The molecule has 0 bridgehead atoms. The number of nitrogens with two attached hydrogens (primary N) is 1. The van der Waals surface area contributed by atoms with Crippen molar-refractivity contribution in [2.75, 3.05) is 7.11 Å². The summed E-state index contributed by atoms with van der Waals surface area (Å²) in [5.74, 6) is 1.54. The maximum Gasteiger partial charge on any atom is 0.128 e. The Bertz CT molecular complexity index is 552. The molecular formula is C17H21NO2. The number of rotatable bonds is 5. The average molecular weight is 271 g/mol. The molecule has 106 valence electrons. The van der Waals surface area contributed by atoms with Crippen molar-refractivity contribution in [3.05, 3.63) is 59.7 Å². The van der Waals surface area contributed by atoms with Crippen LogP contribution >= 0.6 is 0 Å². The molecular weight excluding hydrogens is 250 g/mol. The first-order valence-electron chi connectivity index (χ1n) is 6.77. The molecule has 0 heterocycles. The molecule has 2 aromatic carbocycles. The van der Waals surface area contributed by atoms with Crippen LogP contribution < -0.4 is 15.2 Å². The van der Waals surface area contributed by atoms with E-state index in [1.807, 2.05) is 50.2 Å². The quantitative estimate of drug-likeness (QED) is 0.898. The van der Waals surface area contributed by atoms with Gasteiger partial charge in [0.1, 0.15) is 17.6 Å². The molecule has 0 spiro atoms. The summed E-state index contributed by atoms with van der Waals surface area (Å²) in [6, 6.07) is 15.7. The number of ether oxygens (including phenoxy) is 2. The molecule has 0 aliphatic heterocycles. The molecule has 0 radical (unpaired) electrons. The van der Waals surface area contributed by atoms with Crippen molar-refractivity contribution in [3.8, 4) is 11.5 Å². The van der Waals surface area contributed by atoms with Crippen LogP contribution in [0.25, 0.3) is 0 Å². The highest BCUT2D eigenvalue weighted by atomic mass is 16.5. The van der Waals surface area contributed by atoms with Gasteiger partial charge in [0.25, 0.3) is 0 Å². The normalized spacial score (nSPS) is 13.6. The van der Waals surface area contributed by atoms with E-state index in [4.69, 9.17) is 15.2 Å². The van der Waals surface area contributed by atoms with Gasteiger partial charge in [0.2, 0.25) is 0 Å². The van der Waals surface area contributed by atoms with Crippen molar-refractivity contribution in [2.45, 2.75) is 26.0 Å². The minimum atomic E-state index is -0.149. The van der Waals surface area contributed by atoms with Gasteiger partial charge in [-0.3, -0.25) is 0 Å². The van der Waals surface area contributed by atoms with E-state index in [1.165, 1.54) is 0 Å². The largest absolute Gasteiger partial charge is 0.496 e. The van der Waals surface area contributed by atoms with E-state index in [1.54, 1.807) is 7.11 Å². The fraction of sp³-hybridized carbons (Fsp3) is 0.294. The van der Waals surface area contributed by atoms with Gasteiger partial charge in [0.15, 0.2) is 0 Å². The third-order valence-corrected chi connectivity index (χ3v) is 3.27. The van der Waals surface area contributed by atoms with E-state index in [0.717, 1.165) is 22.6 Å². The van der Waals surface area contributed by atoms with Crippen LogP contribution in [0.5, 0.6) is 11.5 Å². The molecule has 0 saturated heterocycles. The highest BCUT2D eigenvalue weighted by Crippen LogP contribution is 2.35. The van der Waals surface area contributed by atoms with Crippen LogP contribution in [0.3, 0.4) is 0 Å². The summed E-state index contributed by atoms with van der Waals surface area (Å²) in [4.78, 5) is 0. The van der Waals surface area contributed by atoms with Crippen molar-refractivity contribution in [3.63, 3.8) is 0 Å². The minimum Gasteiger partial charge on any atom is -0.496 e. The van der Waals surface area contributed by atoms with Gasteiger partial charge in [0.05, 0.1) is 12.7 Å². The van der Waals surface area contributed by atoms with Gasteiger partial charge in [-0.1, -0.05) is 36.4 Å². The zero-order valence-electron chi connectivity index (χ0n) is 12.2. The molecule has 2 rings (SSSR count). The minimum absolute atomic E-state index is 0.0409. The van der Waals surface area contributed by atoms with E-state index >= 15 is 0 Å². The van der Waals surface area contributed by atoms with Gasteiger partial charge in [0, 0.05) is 6.04 Å². The second kappa shape index (κ2) is 6.44. The third kappa shape index (κ3) is 3.11. The molecule has 0 amide bonds. The Kier molecular flexibility index (Phi) is 4.64. The first-order chi connectivity index (χ1) is 9.63. The Morgan fingerprint density at radius 1 is 0.900 bits per heavy atom. The second-order valence-electron chi connectivity index (χ2n) is 4.83. The summed E-state index contributed by atoms with van der Waals surface area (Å²) < 4.78 is 11.4. The van der Waals surface area contributed by atoms with E-state index in [9.17, 15) is 0 Å². The molecule has 0 fully saturated rings. The Balaban J connectivity index is 2.29. The maximum atomic E-state index is 6.08. The van der Waals surface area contributed by atoms with Crippen molar-refractivity contribution in [1.29, 1.82) is 0 Å². The van der Waals surface area contributed by atoms with Gasteiger partial charge in [-0.05, 0) is 31.5 Å². The summed E-state index contributed by atoms with van der Waals surface area (Å²) in [7, 11) is 1.64. The molecule has 20 heavy (non-hydrogen) atoms. The maximum absolute atomic E-state index is 6.08. The van der Waals surface area contributed by atoms with Crippen LogP contribution in [0.1, 0.15) is 37.1 Å². The number of hydrogen-bond donors (Lipinski definition) is 1. The fourth-order valence-electron chi connectivity index (χ4n) is 2.24. The van der Waals surface area contributed by atoms with Crippen molar-refractivity contribution in [1.82, 2.24) is 0 Å². The highest BCUT2D eigenvalue weighted by Gasteiger charge is 2.16. The third-order valence-electron chi connectivity index (χ3n) is 3.27. The lowest BCUT2D eigenvalue weighted by atomic mass is 10.1. The first kappa shape index (κ1) is 14.4. The van der Waals surface area contributed by atoms with Crippen molar-refractivity contribution >= 4 is 0 Å². The van der Waals surface area contributed by atoms with Gasteiger partial charge < -0.3 is 15.2 Å². The Morgan fingerprint density at radius 2 is 1.55 bits per heavy atom. The van der Waals surface area contributed by atoms with Crippen LogP contribution in [0, 0.1) is 0 Å². The summed E-state index contributed by atoms with van der Waals surface area (Å²) >= 11 is 0. The molecule has 1 unspecified atom stereocenters. The van der Waals surface area contributed by atoms with E-state index < -0.39 is 0 Å². The molecule has 0 aliphatic rings. The summed E-state index contributed by atoms with van der Waals surface area (Å²) in [6.07, 6.45) is -0.0409. The van der Waals surface area contributed by atoms with Crippen molar-refractivity contribution < 1.29 is 9.47 Å². The zero-order valence-corrected chi connectivity index (χ0v) is 12.2. The summed E-state index contributed by atoms with van der Waals surface area (Å²) in [5, 5.41) is 0. The fourth-order valence-corrected chi connectivity index (χ4v) is 2.24. The van der Waals surface area contributed by atoms with Crippen LogP contribution in [0.4, 0.5) is 0 Å². The molecule has 0 aromatic heterocycles. The SMILES string of the molecule is COc1cccc(OC(C)c2ccccc2)c1[C@@H](C)N. The van der Waals surface area contributed by atoms with Gasteiger partial charge >= 0.3 is 0 Å². The lowest BCUT2D eigenvalue weighted by Crippen LogP contribution is -2.11. The van der Waals surface area contributed by atoms with E-state index in [0.29, 0.717) is 0 Å². The van der Waals surface area contributed by atoms with Gasteiger partial charge in [-0.25, -0.2) is 0 Å². The lowest BCUT2D eigenvalue weighted by molar-refractivity contribution is 0.222. The number of methoxy groups -OCH3 is 1. The number of benzene rings is 2.